The first kappa shape index (κ1) is 12.4. The zero-order chi connectivity index (χ0) is 12.3. The molecule has 1 aromatic rings. The number of aryl methyl sites for hydroxylation is 1. The van der Waals surface area contributed by atoms with Gasteiger partial charge in [0.15, 0.2) is 0 Å². The van der Waals surface area contributed by atoms with E-state index in [9.17, 15) is 0 Å². The van der Waals surface area contributed by atoms with Crippen molar-refractivity contribution < 1.29 is 4.74 Å². The number of pyridine rings is 1. The fourth-order valence-corrected chi connectivity index (χ4v) is 2.51. The minimum atomic E-state index is 0.309. The minimum Gasteiger partial charge on any atom is -0.474 e. The highest BCUT2D eigenvalue weighted by Gasteiger charge is 2.24. The molecule has 2 N–H and O–H groups in total. The van der Waals surface area contributed by atoms with Gasteiger partial charge in [0.1, 0.15) is 6.10 Å². The minimum absolute atomic E-state index is 0.309. The van der Waals surface area contributed by atoms with E-state index in [4.69, 9.17) is 10.5 Å². The molecule has 0 spiro atoms. The summed E-state index contributed by atoms with van der Waals surface area (Å²) in [6.45, 7) is 4.82. The summed E-state index contributed by atoms with van der Waals surface area (Å²) in [6, 6.07) is 1.99. The van der Waals surface area contributed by atoms with Crippen molar-refractivity contribution in [3.63, 3.8) is 0 Å². The lowest BCUT2D eigenvalue weighted by Gasteiger charge is -2.29. The molecule has 0 bridgehead atoms. The lowest BCUT2D eigenvalue weighted by molar-refractivity contribution is 0.0964. The molecule has 17 heavy (non-hydrogen) atoms. The van der Waals surface area contributed by atoms with Crippen molar-refractivity contribution in [2.24, 2.45) is 11.7 Å². The summed E-state index contributed by atoms with van der Waals surface area (Å²) in [5.74, 6) is 1.36. The second-order valence-electron chi connectivity index (χ2n) is 5.03. The van der Waals surface area contributed by atoms with E-state index < -0.39 is 0 Å². The van der Waals surface area contributed by atoms with Gasteiger partial charge in [-0.2, -0.15) is 0 Å². The molecule has 0 aromatic carbocycles. The smallest absolute Gasteiger partial charge is 0.218 e. The second-order valence-corrected chi connectivity index (χ2v) is 5.03. The maximum Gasteiger partial charge on any atom is 0.218 e. The van der Waals surface area contributed by atoms with Crippen LogP contribution in [-0.4, -0.2) is 11.1 Å². The second kappa shape index (κ2) is 5.50. The standard InChI is InChI=1S/C14H22N2O/c1-10-7-8-16-14(12(10)9-15)17-13-6-4-3-5-11(13)2/h7-8,11,13H,3-6,9,15H2,1-2H3. The van der Waals surface area contributed by atoms with Gasteiger partial charge in [-0.1, -0.05) is 13.3 Å². The van der Waals surface area contributed by atoms with Crippen LogP contribution < -0.4 is 10.5 Å². The van der Waals surface area contributed by atoms with Crippen molar-refractivity contribution >= 4 is 0 Å². The predicted molar refractivity (Wildman–Crippen MR) is 68.9 cm³/mol. The molecule has 0 aliphatic heterocycles. The van der Waals surface area contributed by atoms with E-state index in [0.717, 1.165) is 17.9 Å². The number of hydrogen-bond acceptors (Lipinski definition) is 3. The Morgan fingerprint density at radius 2 is 2.18 bits per heavy atom. The van der Waals surface area contributed by atoms with E-state index in [1.165, 1.54) is 24.8 Å². The maximum atomic E-state index is 6.08. The molecular weight excluding hydrogens is 212 g/mol. The zero-order valence-corrected chi connectivity index (χ0v) is 10.8. The Kier molecular flexibility index (Phi) is 4.00. The number of aromatic nitrogens is 1. The van der Waals surface area contributed by atoms with Gasteiger partial charge in [-0.05, 0) is 43.7 Å². The molecular formula is C14H22N2O. The van der Waals surface area contributed by atoms with E-state index in [0.29, 0.717) is 18.6 Å². The van der Waals surface area contributed by atoms with E-state index in [2.05, 4.69) is 18.8 Å². The molecule has 2 atom stereocenters. The van der Waals surface area contributed by atoms with Gasteiger partial charge in [0, 0.05) is 18.3 Å². The summed E-state index contributed by atoms with van der Waals surface area (Å²) >= 11 is 0. The Bertz CT molecular complexity index is 378. The molecule has 0 saturated heterocycles. The molecule has 2 unspecified atom stereocenters. The summed E-state index contributed by atoms with van der Waals surface area (Å²) in [5, 5.41) is 0. The monoisotopic (exact) mass is 234 g/mol. The third kappa shape index (κ3) is 2.78. The van der Waals surface area contributed by atoms with Crippen molar-refractivity contribution in [3.05, 3.63) is 23.4 Å². The van der Waals surface area contributed by atoms with Gasteiger partial charge >= 0.3 is 0 Å². The fourth-order valence-electron chi connectivity index (χ4n) is 2.51. The van der Waals surface area contributed by atoms with Gasteiger partial charge in [-0.25, -0.2) is 4.98 Å². The number of ether oxygens (including phenoxy) is 1. The van der Waals surface area contributed by atoms with Crippen LogP contribution in [0.25, 0.3) is 0 Å². The van der Waals surface area contributed by atoms with Crippen molar-refractivity contribution in [1.29, 1.82) is 0 Å². The average molecular weight is 234 g/mol. The van der Waals surface area contributed by atoms with Gasteiger partial charge in [0.05, 0.1) is 0 Å². The summed E-state index contributed by atoms with van der Waals surface area (Å²) in [4.78, 5) is 4.34. The van der Waals surface area contributed by atoms with Gasteiger partial charge in [-0.15, -0.1) is 0 Å². The molecule has 1 fully saturated rings. The molecule has 1 heterocycles. The third-order valence-electron chi connectivity index (χ3n) is 3.75. The maximum absolute atomic E-state index is 6.08. The molecule has 3 nitrogen and oxygen atoms in total. The normalized spacial score (nSPS) is 24.6. The van der Waals surface area contributed by atoms with Crippen LogP contribution in [0.1, 0.15) is 43.7 Å². The molecule has 1 saturated carbocycles. The predicted octanol–water partition coefficient (Wildman–Crippen LogP) is 2.81. The molecule has 1 aromatic heterocycles. The van der Waals surface area contributed by atoms with Crippen LogP contribution in [0.15, 0.2) is 12.3 Å². The van der Waals surface area contributed by atoms with Crippen molar-refractivity contribution in [3.8, 4) is 5.88 Å². The Hall–Kier alpha value is -1.09. The van der Waals surface area contributed by atoms with Crippen molar-refractivity contribution in [2.45, 2.75) is 52.2 Å². The van der Waals surface area contributed by atoms with Crippen molar-refractivity contribution in [2.75, 3.05) is 0 Å². The van der Waals surface area contributed by atoms with Crippen LogP contribution >= 0.6 is 0 Å². The van der Waals surface area contributed by atoms with E-state index in [1.807, 2.05) is 6.07 Å². The van der Waals surface area contributed by atoms with E-state index in [-0.39, 0.29) is 0 Å². The first-order chi connectivity index (χ1) is 8.22. The van der Waals surface area contributed by atoms with Crippen molar-refractivity contribution in [1.82, 2.24) is 4.98 Å². The highest BCUT2D eigenvalue weighted by atomic mass is 16.5. The van der Waals surface area contributed by atoms with Gasteiger partial charge in [0.25, 0.3) is 0 Å². The fraction of sp³-hybridized carbons (Fsp3) is 0.643. The number of nitrogens with two attached hydrogens (primary N) is 1. The molecule has 2 rings (SSSR count). The highest BCUT2D eigenvalue weighted by molar-refractivity contribution is 5.33. The average Bonchev–Trinajstić information content (AvgIpc) is 2.32. The van der Waals surface area contributed by atoms with Crippen LogP contribution in [0.2, 0.25) is 0 Å². The Morgan fingerprint density at radius 3 is 2.88 bits per heavy atom. The van der Waals surface area contributed by atoms with Crippen LogP contribution in [0.3, 0.4) is 0 Å². The topological polar surface area (TPSA) is 48.1 Å². The van der Waals surface area contributed by atoms with Gasteiger partial charge in [-0.3, -0.25) is 0 Å². The van der Waals surface area contributed by atoms with Crippen LogP contribution in [0.4, 0.5) is 0 Å². The first-order valence-corrected chi connectivity index (χ1v) is 6.53. The molecule has 0 radical (unpaired) electrons. The molecule has 94 valence electrons. The van der Waals surface area contributed by atoms with Crippen LogP contribution in [0.5, 0.6) is 5.88 Å². The number of hydrogen-bond donors (Lipinski definition) is 1. The lowest BCUT2D eigenvalue weighted by atomic mass is 9.88. The molecule has 1 aliphatic carbocycles. The number of rotatable bonds is 3. The molecule has 3 heteroatoms. The third-order valence-corrected chi connectivity index (χ3v) is 3.75. The van der Waals surface area contributed by atoms with Crippen LogP contribution in [-0.2, 0) is 6.54 Å². The van der Waals surface area contributed by atoms with E-state index in [1.54, 1.807) is 6.20 Å². The summed E-state index contributed by atoms with van der Waals surface area (Å²) in [6.07, 6.45) is 7.10. The lowest BCUT2D eigenvalue weighted by Crippen LogP contribution is -2.29. The molecule has 0 amide bonds. The van der Waals surface area contributed by atoms with E-state index >= 15 is 0 Å². The summed E-state index contributed by atoms with van der Waals surface area (Å²) in [7, 11) is 0. The Morgan fingerprint density at radius 1 is 1.41 bits per heavy atom. The Labute approximate surface area is 103 Å². The SMILES string of the molecule is Cc1ccnc(OC2CCCCC2C)c1CN. The largest absolute Gasteiger partial charge is 0.474 e. The first-order valence-electron chi connectivity index (χ1n) is 6.53. The van der Waals surface area contributed by atoms with Gasteiger partial charge < -0.3 is 10.5 Å². The highest BCUT2D eigenvalue weighted by Crippen LogP contribution is 2.29. The summed E-state index contributed by atoms with van der Waals surface area (Å²) in [5.41, 5.74) is 7.99. The molecule has 1 aliphatic rings. The zero-order valence-electron chi connectivity index (χ0n) is 10.8. The Balaban J connectivity index is 2.14. The quantitative estimate of drug-likeness (QED) is 0.874. The number of nitrogens with zero attached hydrogens (tertiary/aromatic N) is 1. The summed E-state index contributed by atoms with van der Waals surface area (Å²) < 4.78 is 6.08. The van der Waals surface area contributed by atoms with Crippen LogP contribution in [0, 0.1) is 12.8 Å². The van der Waals surface area contributed by atoms with Gasteiger partial charge in [0.2, 0.25) is 5.88 Å².